The fourth-order valence-electron chi connectivity index (χ4n) is 1.92. The Labute approximate surface area is 93.1 Å². The maximum atomic E-state index is 4.35. The zero-order valence-corrected chi connectivity index (χ0v) is 10.2. The predicted octanol–water partition coefficient (Wildman–Crippen LogP) is 3.17. The first-order chi connectivity index (χ1) is 7.09. The molecule has 0 fully saturated rings. The van der Waals surface area contributed by atoms with Crippen LogP contribution < -0.4 is 5.32 Å². The lowest BCUT2D eigenvalue weighted by atomic mass is 10.0. The minimum atomic E-state index is 0.333. The van der Waals surface area contributed by atoms with Gasteiger partial charge in [-0.25, -0.2) is 0 Å². The van der Waals surface area contributed by atoms with Gasteiger partial charge in [0.25, 0.3) is 0 Å². The van der Waals surface area contributed by atoms with Crippen LogP contribution in [-0.2, 0) is 0 Å². The molecule has 0 aromatic carbocycles. The quantitative estimate of drug-likeness (QED) is 0.800. The Balaban J connectivity index is 2.45. The number of aromatic nitrogens is 1. The molecule has 0 bridgehead atoms. The maximum absolute atomic E-state index is 4.35. The summed E-state index contributed by atoms with van der Waals surface area (Å²) in [5.74, 6) is 0.739. The van der Waals surface area contributed by atoms with Gasteiger partial charge < -0.3 is 5.32 Å². The van der Waals surface area contributed by atoms with E-state index in [2.05, 4.69) is 44.1 Å². The Hall–Kier alpha value is -0.890. The van der Waals surface area contributed by atoms with Crippen molar-refractivity contribution in [2.75, 3.05) is 0 Å². The molecule has 1 aromatic heterocycles. The van der Waals surface area contributed by atoms with Gasteiger partial charge in [0.15, 0.2) is 0 Å². The van der Waals surface area contributed by atoms with Crippen LogP contribution in [0.25, 0.3) is 0 Å². The van der Waals surface area contributed by atoms with Crippen molar-refractivity contribution in [3.8, 4) is 0 Å². The highest BCUT2D eigenvalue weighted by molar-refractivity contribution is 5.07. The molecule has 0 aliphatic rings. The van der Waals surface area contributed by atoms with E-state index in [1.54, 1.807) is 0 Å². The average molecular weight is 206 g/mol. The second kappa shape index (κ2) is 5.86. The molecule has 0 amide bonds. The van der Waals surface area contributed by atoms with Crippen LogP contribution in [0.3, 0.4) is 0 Å². The minimum absolute atomic E-state index is 0.333. The summed E-state index contributed by atoms with van der Waals surface area (Å²) in [7, 11) is 0. The fourth-order valence-corrected chi connectivity index (χ4v) is 1.92. The summed E-state index contributed by atoms with van der Waals surface area (Å²) in [5.41, 5.74) is 1.12. The van der Waals surface area contributed by atoms with Crippen LogP contribution >= 0.6 is 0 Å². The molecule has 0 aliphatic heterocycles. The van der Waals surface area contributed by atoms with Gasteiger partial charge in [0, 0.05) is 18.3 Å². The van der Waals surface area contributed by atoms with Crippen LogP contribution in [0.1, 0.15) is 45.9 Å². The second-order valence-electron chi connectivity index (χ2n) is 4.67. The summed E-state index contributed by atoms with van der Waals surface area (Å²) in [6, 6.07) is 6.93. The Morgan fingerprint density at radius 3 is 2.47 bits per heavy atom. The largest absolute Gasteiger partial charge is 0.306 e. The first-order valence-electron chi connectivity index (χ1n) is 5.76. The summed E-state index contributed by atoms with van der Waals surface area (Å²) >= 11 is 0. The van der Waals surface area contributed by atoms with Gasteiger partial charge in [0.1, 0.15) is 0 Å². The van der Waals surface area contributed by atoms with Crippen LogP contribution in [0.5, 0.6) is 0 Å². The van der Waals surface area contributed by atoms with E-state index in [9.17, 15) is 0 Å². The smallest absolute Gasteiger partial charge is 0.0570 e. The van der Waals surface area contributed by atoms with Gasteiger partial charge >= 0.3 is 0 Å². The molecule has 0 saturated carbocycles. The lowest BCUT2D eigenvalue weighted by molar-refractivity contribution is 0.403. The molecule has 0 saturated heterocycles. The molecule has 84 valence electrons. The van der Waals surface area contributed by atoms with Crippen molar-refractivity contribution in [1.29, 1.82) is 0 Å². The molecular formula is C13H22N2. The molecule has 0 unspecified atom stereocenters. The van der Waals surface area contributed by atoms with Crippen LogP contribution in [0.4, 0.5) is 0 Å². The minimum Gasteiger partial charge on any atom is -0.306 e. The fraction of sp³-hybridized carbons (Fsp3) is 0.615. The molecule has 2 nitrogen and oxygen atoms in total. The third-order valence-electron chi connectivity index (χ3n) is 2.49. The van der Waals surface area contributed by atoms with Crippen LogP contribution in [-0.4, -0.2) is 11.0 Å². The van der Waals surface area contributed by atoms with Gasteiger partial charge in [0.05, 0.1) is 5.69 Å². The number of pyridine rings is 1. The van der Waals surface area contributed by atoms with Crippen molar-refractivity contribution in [2.45, 2.75) is 46.2 Å². The van der Waals surface area contributed by atoms with E-state index in [1.165, 1.54) is 6.42 Å². The summed E-state index contributed by atoms with van der Waals surface area (Å²) < 4.78 is 0. The van der Waals surface area contributed by atoms with E-state index < -0.39 is 0 Å². The molecule has 15 heavy (non-hydrogen) atoms. The van der Waals surface area contributed by atoms with Crippen molar-refractivity contribution in [2.24, 2.45) is 5.92 Å². The molecule has 0 radical (unpaired) electrons. The SMILES string of the molecule is CC(C)C[C@H](C)N[C@H](C)c1ccccn1. The summed E-state index contributed by atoms with van der Waals surface area (Å²) in [4.78, 5) is 4.35. The predicted molar refractivity (Wildman–Crippen MR) is 64.7 cm³/mol. The van der Waals surface area contributed by atoms with Gasteiger partial charge in [-0.05, 0) is 38.3 Å². The lowest BCUT2D eigenvalue weighted by Crippen LogP contribution is -2.30. The van der Waals surface area contributed by atoms with E-state index in [1.807, 2.05) is 18.3 Å². The van der Waals surface area contributed by atoms with Crippen LogP contribution in [0.15, 0.2) is 24.4 Å². The van der Waals surface area contributed by atoms with Gasteiger partial charge in [-0.1, -0.05) is 19.9 Å². The Morgan fingerprint density at radius 1 is 1.20 bits per heavy atom. The first kappa shape index (κ1) is 12.2. The number of rotatable bonds is 5. The number of hydrogen-bond acceptors (Lipinski definition) is 2. The summed E-state index contributed by atoms with van der Waals surface area (Å²) in [6.07, 6.45) is 3.05. The van der Waals surface area contributed by atoms with Gasteiger partial charge in [-0.15, -0.1) is 0 Å². The molecule has 1 rings (SSSR count). The van der Waals surface area contributed by atoms with Crippen molar-refractivity contribution >= 4 is 0 Å². The zero-order valence-electron chi connectivity index (χ0n) is 10.2. The van der Waals surface area contributed by atoms with Crippen molar-refractivity contribution in [1.82, 2.24) is 10.3 Å². The normalized spacial score (nSPS) is 15.3. The molecule has 2 heteroatoms. The molecule has 2 atom stereocenters. The zero-order chi connectivity index (χ0) is 11.3. The number of hydrogen-bond donors (Lipinski definition) is 1. The number of nitrogens with one attached hydrogen (secondary N) is 1. The Kier molecular flexibility index (Phi) is 4.76. The molecule has 0 aliphatic carbocycles. The van der Waals surface area contributed by atoms with Crippen LogP contribution in [0.2, 0.25) is 0 Å². The molecular weight excluding hydrogens is 184 g/mol. The maximum Gasteiger partial charge on any atom is 0.0570 e. The van der Waals surface area contributed by atoms with Crippen molar-refractivity contribution in [3.63, 3.8) is 0 Å². The van der Waals surface area contributed by atoms with Gasteiger partial charge in [-0.3, -0.25) is 4.98 Å². The topological polar surface area (TPSA) is 24.9 Å². The standard InChI is InChI=1S/C13H22N2/c1-10(2)9-11(3)15-12(4)13-7-5-6-8-14-13/h5-8,10-12,15H,9H2,1-4H3/t11-,12+/m0/s1. The average Bonchev–Trinajstić information content (AvgIpc) is 2.17. The van der Waals surface area contributed by atoms with Gasteiger partial charge in [0.2, 0.25) is 0 Å². The van der Waals surface area contributed by atoms with E-state index in [4.69, 9.17) is 0 Å². The molecule has 0 spiro atoms. The highest BCUT2D eigenvalue weighted by atomic mass is 15.0. The third-order valence-corrected chi connectivity index (χ3v) is 2.49. The molecule has 1 aromatic rings. The monoisotopic (exact) mass is 206 g/mol. The van der Waals surface area contributed by atoms with Crippen molar-refractivity contribution in [3.05, 3.63) is 30.1 Å². The highest BCUT2D eigenvalue weighted by Gasteiger charge is 2.10. The van der Waals surface area contributed by atoms with E-state index in [0.29, 0.717) is 12.1 Å². The molecule has 1 heterocycles. The van der Waals surface area contributed by atoms with E-state index in [0.717, 1.165) is 11.6 Å². The first-order valence-corrected chi connectivity index (χ1v) is 5.76. The second-order valence-corrected chi connectivity index (χ2v) is 4.67. The highest BCUT2D eigenvalue weighted by Crippen LogP contribution is 2.12. The summed E-state index contributed by atoms with van der Waals surface area (Å²) in [6.45, 7) is 8.91. The van der Waals surface area contributed by atoms with E-state index in [-0.39, 0.29) is 0 Å². The Morgan fingerprint density at radius 2 is 1.93 bits per heavy atom. The van der Waals surface area contributed by atoms with Gasteiger partial charge in [-0.2, -0.15) is 0 Å². The molecule has 1 N–H and O–H groups in total. The third kappa shape index (κ3) is 4.43. The van der Waals surface area contributed by atoms with Crippen molar-refractivity contribution < 1.29 is 0 Å². The van der Waals surface area contributed by atoms with E-state index >= 15 is 0 Å². The number of nitrogens with zero attached hydrogens (tertiary/aromatic N) is 1. The summed E-state index contributed by atoms with van der Waals surface area (Å²) in [5, 5.41) is 3.56. The lowest BCUT2D eigenvalue weighted by Gasteiger charge is -2.21. The Bertz CT molecular complexity index is 269. The van der Waals surface area contributed by atoms with Crippen LogP contribution in [0, 0.1) is 5.92 Å².